The van der Waals surface area contributed by atoms with E-state index in [1.165, 1.54) is 199 Å². The molecule has 0 amide bonds. The summed E-state index contributed by atoms with van der Waals surface area (Å²) in [5, 5.41) is 3.88. The number of esters is 1. The summed E-state index contributed by atoms with van der Waals surface area (Å²) in [6.45, 7) is 15.4. The minimum atomic E-state index is 0.0311. The number of unbranched alkanes of at least 4 members (excludes halogenated alkanes) is 19. The molecule has 1 N–H and O–H groups in total. The Hall–Kier alpha value is -1.14. The molecule has 55 heavy (non-hydrogen) atoms. The van der Waals surface area contributed by atoms with Crippen LogP contribution in [0, 0.1) is 11.8 Å². The van der Waals surface area contributed by atoms with Crippen molar-refractivity contribution in [1.82, 2.24) is 10.2 Å². The fourth-order valence-corrected chi connectivity index (χ4v) is 7.55. The van der Waals surface area contributed by atoms with Crippen LogP contribution in [-0.2, 0) is 19.1 Å². The molecular formula is C49H100N2O4. The van der Waals surface area contributed by atoms with Gasteiger partial charge in [0, 0.05) is 12.5 Å². The summed E-state index contributed by atoms with van der Waals surface area (Å²) in [6.07, 6.45) is 41.9. The molecule has 3 atom stereocenters. The molecule has 0 aromatic rings. The molecule has 0 spiro atoms. The Morgan fingerprint density at radius 1 is 0.509 bits per heavy atom. The fraction of sp³-hybridized carbons (Fsp3) is 0.959. The molecule has 330 valence electrons. The van der Waals surface area contributed by atoms with E-state index < -0.39 is 0 Å². The second-order valence-corrected chi connectivity index (χ2v) is 17.2. The highest BCUT2D eigenvalue weighted by atomic mass is 16.5. The van der Waals surface area contributed by atoms with E-state index >= 15 is 0 Å². The van der Waals surface area contributed by atoms with Crippen LogP contribution in [0.1, 0.15) is 247 Å². The van der Waals surface area contributed by atoms with Crippen LogP contribution in [0.3, 0.4) is 0 Å². The van der Waals surface area contributed by atoms with Gasteiger partial charge in [0.15, 0.2) is 0 Å². The van der Waals surface area contributed by atoms with Crippen LogP contribution in [0.5, 0.6) is 0 Å². The first-order chi connectivity index (χ1) is 26.9. The van der Waals surface area contributed by atoms with Gasteiger partial charge in [-0.1, -0.05) is 189 Å². The van der Waals surface area contributed by atoms with Gasteiger partial charge in [0.05, 0.1) is 13.2 Å². The van der Waals surface area contributed by atoms with Crippen LogP contribution >= 0.6 is 0 Å². The Labute approximate surface area is 345 Å². The number of ether oxygens (including phenoxy) is 2. The summed E-state index contributed by atoms with van der Waals surface area (Å²) in [6, 6.07) is 0.695. The summed E-state index contributed by atoms with van der Waals surface area (Å²) < 4.78 is 10.6. The van der Waals surface area contributed by atoms with Gasteiger partial charge >= 0.3 is 5.97 Å². The van der Waals surface area contributed by atoms with Gasteiger partial charge in [0.1, 0.15) is 0 Å². The second kappa shape index (κ2) is 47.2. The lowest BCUT2D eigenvalue weighted by Gasteiger charge is -2.20. The Morgan fingerprint density at radius 2 is 0.909 bits per heavy atom. The number of rotatable bonds is 43. The Balaban J connectivity index is 0. The van der Waals surface area contributed by atoms with Gasteiger partial charge in [-0.3, -0.25) is 9.59 Å². The topological polar surface area (TPSA) is 67.9 Å². The van der Waals surface area contributed by atoms with Crippen molar-refractivity contribution in [2.45, 2.75) is 253 Å². The molecule has 0 saturated heterocycles. The molecule has 0 rings (SSSR count). The predicted molar refractivity (Wildman–Crippen MR) is 241 cm³/mol. The van der Waals surface area contributed by atoms with Gasteiger partial charge in [-0.2, -0.15) is 0 Å². The quantitative estimate of drug-likeness (QED) is 0.0378. The third-order valence-electron chi connectivity index (χ3n) is 11.3. The van der Waals surface area contributed by atoms with E-state index in [4.69, 9.17) is 9.47 Å². The van der Waals surface area contributed by atoms with Gasteiger partial charge in [-0.05, 0) is 90.4 Å². The Morgan fingerprint density at radius 3 is 1.38 bits per heavy atom. The second-order valence-electron chi connectivity index (χ2n) is 17.2. The maximum Gasteiger partial charge on any atom is 0.305 e. The lowest BCUT2D eigenvalue weighted by molar-refractivity contribution is -0.145. The number of hydrogen-bond donors (Lipinski definition) is 1. The molecule has 0 fully saturated rings. The number of hydrogen-bond acceptors (Lipinski definition) is 6. The largest absolute Gasteiger partial charge is 0.468 e. The SMILES string of the molecule is CCCCCCC(CCCC)COC=O.CCCCCCCCCC(CCCCCCCCC(=O)OCC(CCCC)CCCCCC)NCCCN(C)C. The molecule has 3 unspecified atom stereocenters. The summed E-state index contributed by atoms with van der Waals surface area (Å²) in [5.41, 5.74) is 0. The number of nitrogens with zero attached hydrogens (tertiary/aromatic N) is 1. The van der Waals surface area contributed by atoms with Crippen molar-refractivity contribution in [2.24, 2.45) is 11.8 Å². The predicted octanol–water partition coefficient (Wildman–Crippen LogP) is 14.4. The highest BCUT2D eigenvalue weighted by Crippen LogP contribution is 2.20. The molecule has 6 nitrogen and oxygen atoms in total. The van der Waals surface area contributed by atoms with Crippen LogP contribution < -0.4 is 5.32 Å². The average molecular weight is 781 g/mol. The molecule has 0 aliphatic heterocycles. The van der Waals surface area contributed by atoms with Crippen LogP contribution in [0.2, 0.25) is 0 Å². The first-order valence-corrected chi connectivity index (χ1v) is 24.5. The molecular weight excluding hydrogens is 681 g/mol. The maximum atomic E-state index is 12.3. The summed E-state index contributed by atoms with van der Waals surface area (Å²) in [4.78, 5) is 24.7. The lowest BCUT2D eigenvalue weighted by Crippen LogP contribution is -2.31. The third-order valence-corrected chi connectivity index (χ3v) is 11.3. The van der Waals surface area contributed by atoms with Gasteiger partial charge < -0.3 is 19.7 Å². The highest BCUT2D eigenvalue weighted by Gasteiger charge is 2.13. The molecule has 0 aliphatic carbocycles. The van der Waals surface area contributed by atoms with E-state index in [9.17, 15) is 9.59 Å². The minimum Gasteiger partial charge on any atom is -0.468 e. The van der Waals surface area contributed by atoms with Crippen LogP contribution in [0.15, 0.2) is 0 Å². The highest BCUT2D eigenvalue weighted by molar-refractivity contribution is 5.69. The summed E-state index contributed by atoms with van der Waals surface area (Å²) >= 11 is 0. The molecule has 0 radical (unpaired) electrons. The smallest absolute Gasteiger partial charge is 0.305 e. The standard InChI is InChI=1S/C36H74N2O2.C13H26O2/c1-6-9-12-14-15-18-22-28-35(37-31-25-32-38(4)5)29-23-19-16-17-20-24-30-36(39)40-33-34(26-11-8-3)27-21-13-10-7-2;1-3-5-7-8-10-13(9-6-4-2)11-15-12-14/h34-35,37H,6-33H2,1-5H3;12-13H,3-11H2,1-2H3. The first kappa shape index (κ1) is 56.0. The van der Waals surface area contributed by atoms with Crippen LogP contribution in [0.25, 0.3) is 0 Å². The van der Waals surface area contributed by atoms with Crippen molar-refractivity contribution in [1.29, 1.82) is 0 Å². The van der Waals surface area contributed by atoms with Crippen LogP contribution in [-0.4, -0.2) is 63.8 Å². The van der Waals surface area contributed by atoms with E-state index in [0.29, 0.717) is 44.0 Å². The fourth-order valence-electron chi connectivity index (χ4n) is 7.55. The van der Waals surface area contributed by atoms with E-state index in [1.807, 2.05) is 0 Å². The van der Waals surface area contributed by atoms with Crippen molar-refractivity contribution in [3.05, 3.63) is 0 Å². The van der Waals surface area contributed by atoms with E-state index in [2.05, 4.69) is 58.9 Å². The molecule has 0 saturated carbocycles. The maximum absolute atomic E-state index is 12.3. The van der Waals surface area contributed by atoms with Gasteiger partial charge in [0.2, 0.25) is 0 Å². The summed E-state index contributed by atoms with van der Waals surface area (Å²) in [7, 11) is 4.33. The third kappa shape index (κ3) is 45.4. The Kier molecular flexibility index (Phi) is 48.1. The molecule has 0 aromatic heterocycles. The lowest BCUT2D eigenvalue weighted by atomic mass is 9.96. The minimum absolute atomic E-state index is 0.0311. The molecule has 0 aliphatic rings. The normalized spacial score (nSPS) is 12.9. The van der Waals surface area contributed by atoms with E-state index in [-0.39, 0.29) is 5.97 Å². The van der Waals surface area contributed by atoms with Crippen molar-refractivity contribution < 1.29 is 19.1 Å². The van der Waals surface area contributed by atoms with Gasteiger partial charge in [-0.15, -0.1) is 0 Å². The van der Waals surface area contributed by atoms with Gasteiger partial charge in [0.25, 0.3) is 6.47 Å². The number of carbonyl (C=O) groups excluding carboxylic acids is 2. The van der Waals surface area contributed by atoms with E-state index in [0.717, 1.165) is 19.4 Å². The zero-order valence-corrected chi connectivity index (χ0v) is 38.6. The van der Waals surface area contributed by atoms with Crippen molar-refractivity contribution in [3.8, 4) is 0 Å². The van der Waals surface area contributed by atoms with E-state index in [1.54, 1.807) is 0 Å². The Bertz CT molecular complexity index is 748. The van der Waals surface area contributed by atoms with Gasteiger partial charge in [-0.25, -0.2) is 0 Å². The van der Waals surface area contributed by atoms with Crippen molar-refractivity contribution in [3.63, 3.8) is 0 Å². The molecule has 0 bridgehead atoms. The molecule has 0 aromatic carbocycles. The molecule has 6 heteroatoms. The average Bonchev–Trinajstić information content (AvgIpc) is 3.18. The summed E-state index contributed by atoms with van der Waals surface area (Å²) in [5.74, 6) is 1.19. The molecule has 0 heterocycles. The van der Waals surface area contributed by atoms with Crippen LogP contribution in [0.4, 0.5) is 0 Å². The zero-order chi connectivity index (χ0) is 40.9. The van der Waals surface area contributed by atoms with Crippen molar-refractivity contribution >= 4 is 12.4 Å². The number of nitrogens with one attached hydrogen (secondary N) is 1. The van der Waals surface area contributed by atoms with Crippen molar-refractivity contribution in [2.75, 3.05) is 40.4 Å². The number of carbonyl (C=O) groups is 2. The zero-order valence-electron chi connectivity index (χ0n) is 38.6. The monoisotopic (exact) mass is 781 g/mol. The first-order valence-electron chi connectivity index (χ1n) is 24.5.